The molecule has 0 amide bonds. The molecule has 1 aromatic carbocycles. The molecule has 2 N–H and O–H groups in total. The lowest BCUT2D eigenvalue weighted by atomic mass is 10.1. The molecule has 0 fully saturated rings. The van der Waals surface area contributed by atoms with E-state index in [4.69, 9.17) is 22.1 Å². The summed E-state index contributed by atoms with van der Waals surface area (Å²) in [6, 6.07) is 3.49. The summed E-state index contributed by atoms with van der Waals surface area (Å²) in [7, 11) is 1.35. The fourth-order valence-corrected chi connectivity index (χ4v) is 2.47. The monoisotopic (exact) mass is 298 g/mol. The third kappa shape index (κ3) is 3.79. The summed E-state index contributed by atoms with van der Waals surface area (Å²) in [5.41, 5.74) is 7.34. The van der Waals surface area contributed by atoms with Gasteiger partial charge in [-0.25, -0.2) is 4.79 Å². The number of ether oxygens (including phenoxy) is 1. The van der Waals surface area contributed by atoms with Crippen molar-refractivity contribution in [1.29, 1.82) is 0 Å². The predicted octanol–water partition coefficient (Wildman–Crippen LogP) is 3.58. The second-order valence-electron chi connectivity index (χ2n) is 5.53. The fourth-order valence-electron chi connectivity index (χ4n) is 2.13. The molecule has 0 unspecified atom stereocenters. The number of anilines is 2. The second kappa shape index (κ2) is 6.84. The van der Waals surface area contributed by atoms with Crippen molar-refractivity contribution >= 4 is 28.9 Å². The molecule has 4 nitrogen and oxygen atoms in total. The van der Waals surface area contributed by atoms with Crippen molar-refractivity contribution in [3.63, 3.8) is 0 Å². The summed E-state index contributed by atoms with van der Waals surface area (Å²) in [5.74, 6) is 0.0140. The number of hydrogen-bond acceptors (Lipinski definition) is 4. The van der Waals surface area contributed by atoms with Gasteiger partial charge >= 0.3 is 5.97 Å². The maximum atomic E-state index is 12.0. The molecular weight excluding hydrogens is 276 g/mol. The zero-order valence-corrected chi connectivity index (χ0v) is 13.5. The maximum Gasteiger partial charge on any atom is 0.340 e. The number of rotatable bonds is 5. The first-order valence-electron chi connectivity index (χ1n) is 6.71. The van der Waals surface area contributed by atoms with Gasteiger partial charge < -0.3 is 15.4 Å². The molecule has 0 aromatic heterocycles. The van der Waals surface area contributed by atoms with Crippen molar-refractivity contribution in [1.82, 2.24) is 0 Å². The van der Waals surface area contributed by atoms with Crippen LogP contribution in [0.3, 0.4) is 0 Å². The Morgan fingerprint density at radius 1 is 1.35 bits per heavy atom. The number of carbonyl (C=O) groups is 1. The topological polar surface area (TPSA) is 55.6 Å². The van der Waals surface area contributed by atoms with Gasteiger partial charge in [0.25, 0.3) is 0 Å². The number of carbonyl (C=O) groups excluding carboxylic acids is 1. The molecular formula is C15H23ClN2O2. The average Bonchev–Trinajstić information content (AvgIpc) is 2.34. The number of benzene rings is 1. The van der Waals surface area contributed by atoms with Crippen LogP contribution in [-0.2, 0) is 4.74 Å². The standard InChI is InChI=1S/C15H23ClN2O2/c1-9(2)8-18(10(3)4)14-12(15(19)20-5)6-11(17)7-13(14)16/h6-7,9-10H,8,17H2,1-5H3. The molecule has 0 heterocycles. The lowest BCUT2D eigenvalue weighted by molar-refractivity contribution is 0.0601. The zero-order valence-electron chi connectivity index (χ0n) is 12.7. The largest absolute Gasteiger partial charge is 0.465 e. The Labute approximate surface area is 125 Å². The van der Waals surface area contributed by atoms with Crippen LogP contribution < -0.4 is 10.6 Å². The van der Waals surface area contributed by atoms with Gasteiger partial charge in [-0.15, -0.1) is 0 Å². The van der Waals surface area contributed by atoms with Gasteiger partial charge in [0.15, 0.2) is 0 Å². The van der Waals surface area contributed by atoms with Crippen molar-refractivity contribution < 1.29 is 9.53 Å². The average molecular weight is 299 g/mol. The van der Waals surface area contributed by atoms with E-state index in [9.17, 15) is 4.79 Å². The van der Waals surface area contributed by atoms with E-state index in [-0.39, 0.29) is 6.04 Å². The number of nitrogens with two attached hydrogens (primary N) is 1. The smallest absolute Gasteiger partial charge is 0.340 e. The Kier molecular flexibility index (Phi) is 5.69. The molecule has 1 rings (SSSR count). The van der Waals surface area contributed by atoms with Crippen LogP contribution in [0, 0.1) is 5.92 Å². The molecule has 5 heteroatoms. The van der Waals surface area contributed by atoms with Gasteiger partial charge in [0, 0.05) is 18.3 Å². The first-order valence-corrected chi connectivity index (χ1v) is 7.09. The van der Waals surface area contributed by atoms with Crippen molar-refractivity contribution in [2.45, 2.75) is 33.7 Å². The molecule has 0 aliphatic carbocycles. The van der Waals surface area contributed by atoms with Crippen molar-refractivity contribution in [2.75, 3.05) is 24.3 Å². The third-order valence-electron chi connectivity index (χ3n) is 2.96. The van der Waals surface area contributed by atoms with E-state index in [0.717, 1.165) is 6.54 Å². The lowest BCUT2D eigenvalue weighted by Crippen LogP contribution is -2.35. The molecule has 0 saturated carbocycles. The summed E-state index contributed by atoms with van der Waals surface area (Å²) in [6.07, 6.45) is 0. The molecule has 0 radical (unpaired) electrons. The number of nitrogen functional groups attached to an aromatic ring is 1. The molecule has 1 aromatic rings. The Hall–Kier alpha value is -1.42. The maximum absolute atomic E-state index is 12.0. The van der Waals surface area contributed by atoms with Crippen molar-refractivity contribution in [3.8, 4) is 0 Å². The summed E-state index contributed by atoms with van der Waals surface area (Å²) >= 11 is 6.33. The van der Waals surface area contributed by atoms with Crippen LogP contribution in [0.15, 0.2) is 12.1 Å². The first-order chi connectivity index (χ1) is 9.27. The normalized spacial score (nSPS) is 11.0. The predicted molar refractivity (Wildman–Crippen MR) is 84.5 cm³/mol. The highest BCUT2D eigenvalue weighted by Crippen LogP contribution is 2.34. The molecule has 0 saturated heterocycles. The van der Waals surface area contributed by atoms with Gasteiger partial charge in [-0.2, -0.15) is 0 Å². The minimum Gasteiger partial charge on any atom is -0.465 e. The van der Waals surface area contributed by atoms with Gasteiger partial charge in [0.1, 0.15) is 0 Å². The van der Waals surface area contributed by atoms with Crippen LogP contribution in [0.1, 0.15) is 38.1 Å². The van der Waals surface area contributed by atoms with Gasteiger partial charge in [-0.3, -0.25) is 0 Å². The van der Waals surface area contributed by atoms with Gasteiger partial charge in [0.2, 0.25) is 0 Å². The van der Waals surface area contributed by atoms with Crippen LogP contribution in [0.25, 0.3) is 0 Å². The molecule has 0 atom stereocenters. The summed E-state index contributed by atoms with van der Waals surface area (Å²) < 4.78 is 4.84. The van der Waals surface area contributed by atoms with E-state index in [1.165, 1.54) is 7.11 Å². The van der Waals surface area contributed by atoms with Crippen LogP contribution in [0.4, 0.5) is 11.4 Å². The quantitative estimate of drug-likeness (QED) is 0.667. The third-order valence-corrected chi connectivity index (χ3v) is 3.25. The van der Waals surface area contributed by atoms with Crippen molar-refractivity contribution in [2.24, 2.45) is 5.92 Å². The van der Waals surface area contributed by atoms with Crippen LogP contribution in [-0.4, -0.2) is 25.7 Å². The number of nitrogens with zero attached hydrogens (tertiary/aromatic N) is 1. The van der Waals surface area contributed by atoms with Gasteiger partial charge in [-0.05, 0) is 31.9 Å². The highest BCUT2D eigenvalue weighted by atomic mass is 35.5. The fraction of sp³-hybridized carbons (Fsp3) is 0.533. The van der Waals surface area contributed by atoms with Gasteiger partial charge in [-0.1, -0.05) is 25.4 Å². The molecule has 0 bridgehead atoms. The summed E-state index contributed by atoms with van der Waals surface area (Å²) in [4.78, 5) is 14.1. The molecule has 0 aliphatic heterocycles. The summed E-state index contributed by atoms with van der Waals surface area (Å²) in [5, 5.41) is 0.472. The Morgan fingerprint density at radius 2 is 1.95 bits per heavy atom. The minimum absolute atomic E-state index is 0.210. The van der Waals surface area contributed by atoms with Crippen LogP contribution in [0.5, 0.6) is 0 Å². The number of methoxy groups -OCH3 is 1. The summed E-state index contributed by atoms with van der Waals surface area (Å²) in [6.45, 7) is 9.17. The van der Waals surface area contributed by atoms with Gasteiger partial charge in [0.05, 0.1) is 23.4 Å². The highest BCUT2D eigenvalue weighted by Gasteiger charge is 2.23. The zero-order chi connectivity index (χ0) is 15.4. The van der Waals surface area contributed by atoms with E-state index >= 15 is 0 Å². The Morgan fingerprint density at radius 3 is 2.40 bits per heavy atom. The van der Waals surface area contributed by atoms with E-state index in [2.05, 4.69) is 32.6 Å². The molecule has 0 spiro atoms. The Balaban J connectivity index is 3.42. The SMILES string of the molecule is COC(=O)c1cc(N)cc(Cl)c1N(CC(C)C)C(C)C. The van der Waals surface area contributed by atoms with E-state index in [1.807, 2.05) is 0 Å². The van der Waals surface area contributed by atoms with E-state index in [1.54, 1.807) is 12.1 Å². The van der Waals surface area contributed by atoms with Crippen LogP contribution >= 0.6 is 11.6 Å². The van der Waals surface area contributed by atoms with E-state index in [0.29, 0.717) is 27.9 Å². The molecule has 112 valence electrons. The highest BCUT2D eigenvalue weighted by molar-refractivity contribution is 6.34. The second-order valence-corrected chi connectivity index (χ2v) is 5.94. The van der Waals surface area contributed by atoms with Crippen LogP contribution in [0.2, 0.25) is 5.02 Å². The minimum atomic E-state index is -0.427. The first kappa shape index (κ1) is 16.6. The molecule has 0 aliphatic rings. The number of halogens is 1. The number of hydrogen-bond donors (Lipinski definition) is 1. The van der Waals surface area contributed by atoms with Crippen molar-refractivity contribution in [3.05, 3.63) is 22.7 Å². The molecule has 20 heavy (non-hydrogen) atoms. The lowest BCUT2D eigenvalue weighted by Gasteiger charge is -2.33. The van der Waals surface area contributed by atoms with E-state index < -0.39 is 5.97 Å². The number of esters is 1. The Bertz CT molecular complexity index is 487.